The Morgan fingerprint density at radius 3 is 2.65 bits per heavy atom. The van der Waals surface area contributed by atoms with E-state index in [1.165, 1.54) is 6.20 Å². The van der Waals surface area contributed by atoms with E-state index < -0.39 is 0 Å². The summed E-state index contributed by atoms with van der Waals surface area (Å²) >= 11 is 5.97. The number of aliphatic imine (C=N–C) groups is 1. The van der Waals surface area contributed by atoms with Gasteiger partial charge in [-0.2, -0.15) is 5.26 Å². The number of methoxy groups -OCH3 is 1. The van der Waals surface area contributed by atoms with Crippen molar-refractivity contribution < 1.29 is 4.74 Å². The molecule has 0 radical (unpaired) electrons. The monoisotopic (exact) mass is 432 g/mol. The maximum Gasteiger partial charge on any atom is 0.144 e. The highest BCUT2D eigenvalue weighted by Crippen LogP contribution is 2.27. The van der Waals surface area contributed by atoms with Crippen molar-refractivity contribution >= 4 is 23.0 Å². The molecule has 0 saturated carbocycles. The minimum absolute atomic E-state index is 0.216. The first-order chi connectivity index (χ1) is 14.9. The summed E-state index contributed by atoms with van der Waals surface area (Å²) in [6.07, 6.45) is 4.85. The number of ether oxygens (including phenoxy) is 1. The molecule has 7 nitrogen and oxygen atoms in total. The maximum atomic E-state index is 9.44. The summed E-state index contributed by atoms with van der Waals surface area (Å²) in [6, 6.07) is 14.6. The number of rotatable bonds is 7. The van der Waals surface area contributed by atoms with E-state index in [-0.39, 0.29) is 5.57 Å². The molecule has 0 bridgehead atoms. The second-order valence-electron chi connectivity index (χ2n) is 6.54. The van der Waals surface area contributed by atoms with Crippen LogP contribution < -0.4 is 15.8 Å². The molecule has 0 aliphatic carbocycles. The molecule has 31 heavy (non-hydrogen) atoms. The average Bonchev–Trinajstić information content (AvgIpc) is 3.20. The number of allylic oxidation sites excluding steroid dienone is 1. The minimum atomic E-state index is 0.216. The van der Waals surface area contributed by atoms with E-state index in [0.717, 1.165) is 17.1 Å². The summed E-state index contributed by atoms with van der Waals surface area (Å²) < 4.78 is 7.41. The van der Waals surface area contributed by atoms with Gasteiger partial charge >= 0.3 is 0 Å². The number of nitrogens with zero attached hydrogens (tertiary/aromatic N) is 4. The van der Waals surface area contributed by atoms with Crippen LogP contribution in [-0.4, -0.2) is 22.4 Å². The molecule has 0 fully saturated rings. The summed E-state index contributed by atoms with van der Waals surface area (Å²) in [5.41, 5.74) is 9.39. The van der Waals surface area contributed by atoms with Crippen molar-refractivity contribution in [1.82, 2.24) is 9.55 Å². The molecule has 0 atom stereocenters. The zero-order valence-corrected chi connectivity index (χ0v) is 17.9. The van der Waals surface area contributed by atoms with Crippen LogP contribution in [0.15, 0.2) is 84.2 Å². The fourth-order valence-electron chi connectivity index (χ4n) is 2.91. The molecule has 3 N–H and O–H groups in total. The number of nitrogens with one attached hydrogen (secondary N) is 1. The van der Waals surface area contributed by atoms with E-state index in [0.29, 0.717) is 27.9 Å². The summed E-state index contributed by atoms with van der Waals surface area (Å²) in [4.78, 5) is 8.74. The van der Waals surface area contributed by atoms with Gasteiger partial charge in [-0.3, -0.25) is 0 Å². The number of hydrogen-bond acceptors (Lipinski definition) is 6. The SMILES string of the molecule is C=C(N=C(/C(C#N)=C\N)c1ccc(Cl)cc1)Nc1ccc(-n2cnc(C)c2)c(OC)c1. The first-order valence-corrected chi connectivity index (χ1v) is 9.65. The van der Waals surface area contributed by atoms with Crippen molar-refractivity contribution in [3.8, 4) is 17.5 Å². The first-order valence-electron chi connectivity index (χ1n) is 9.27. The molecule has 0 unspecified atom stereocenters. The topological polar surface area (TPSA) is 101 Å². The Kier molecular flexibility index (Phi) is 6.75. The molecule has 0 aliphatic heterocycles. The van der Waals surface area contributed by atoms with Crippen LogP contribution in [0.25, 0.3) is 5.69 Å². The Hall–Kier alpha value is -4.02. The van der Waals surface area contributed by atoms with E-state index in [1.54, 1.807) is 37.7 Å². The van der Waals surface area contributed by atoms with Crippen LogP contribution in [0.5, 0.6) is 5.75 Å². The number of benzene rings is 2. The van der Waals surface area contributed by atoms with E-state index >= 15 is 0 Å². The standard InChI is InChI=1S/C23H21ClN6O/c1-15-13-30(14-27-15)21-9-8-20(10-22(21)31-3)28-16(2)29-23(18(11-25)12-26)17-4-6-19(24)7-5-17/h4-11,13-14,28H,2,25H2,1,3H3/b18-11-,29-23?. The van der Waals surface area contributed by atoms with E-state index in [1.807, 2.05) is 35.9 Å². The third-order valence-electron chi connectivity index (χ3n) is 4.36. The Bertz CT molecular complexity index is 1200. The normalized spacial score (nSPS) is 11.7. The van der Waals surface area contributed by atoms with Crippen molar-refractivity contribution in [2.24, 2.45) is 10.7 Å². The molecule has 0 spiro atoms. The van der Waals surface area contributed by atoms with Gasteiger partial charge < -0.3 is 20.4 Å². The summed E-state index contributed by atoms with van der Waals surface area (Å²) in [5.74, 6) is 0.976. The van der Waals surface area contributed by atoms with Gasteiger partial charge in [0, 0.05) is 34.7 Å². The van der Waals surface area contributed by atoms with E-state index in [4.69, 9.17) is 22.1 Å². The number of aryl methyl sites for hydroxylation is 1. The number of imidazole rings is 1. The van der Waals surface area contributed by atoms with Crippen LogP contribution in [0.4, 0.5) is 5.69 Å². The third-order valence-corrected chi connectivity index (χ3v) is 4.62. The van der Waals surface area contributed by atoms with Gasteiger partial charge in [0.05, 0.1) is 36.1 Å². The summed E-state index contributed by atoms with van der Waals surface area (Å²) in [6.45, 7) is 5.89. The average molecular weight is 433 g/mol. The van der Waals surface area contributed by atoms with Crippen molar-refractivity contribution in [3.63, 3.8) is 0 Å². The lowest BCUT2D eigenvalue weighted by molar-refractivity contribution is 0.413. The van der Waals surface area contributed by atoms with Crippen molar-refractivity contribution in [2.75, 3.05) is 12.4 Å². The highest BCUT2D eigenvalue weighted by atomic mass is 35.5. The second kappa shape index (κ2) is 9.65. The predicted octanol–water partition coefficient (Wildman–Crippen LogP) is 4.58. The number of nitrogens with two attached hydrogens (primary N) is 1. The summed E-state index contributed by atoms with van der Waals surface area (Å²) in [5, 5.41) is 13.1. The van der Waals surface area contributed by atoms with Crippen LogP contribution in [0.2, 0.25) is 5.02 Å². The quantitative estimate of drug-likeness (QED) is 0.420. The lowest BCUT2D eigenvalue weighted by Crippen LogP contribution is -2.09. The van der Waals surface area contributed by atoms with Crippen LogP contribution in [0.1, 0.15) is 11.3 Å². The summed E-state index contributed by atoms with van der Waals surface area (Å²) in [7, 11) is 1.60. The maximum absolute atomic E-state index is 9.44. The van der Waals surface area contributed by atoms with Gasteiger partial charge in [-0.05, 0) is 31.2 Å². The Morgan fingerprint density at radius 2 is 2.06 bits per heavy atom. The lowest BCUT2D eigenvalue weighted by Gasteiger charge is -2.13. The van der Waals surface area contributed by atoms with Gasteiger partial charge in [-0.15, -0.1) is 0 Å². The van der Waals surface area contributed by atoms with Crippen molar-refractivity contribution in [3.05, 3.63) is 95.4 Å². The third kappa shape index (κ3) is 5.13. The molecule has 1 heterocycles. The van der Waals surface area contributed by atoms with Crippen molar-refractivity contribution in [1.29, 1.82) is 5.26 Å². The fraction of sp³-hybridized carbons (Fsp3) is 0.0870. The number of hydrogen-bond donors (Lipinski definition) is 2. The highest BCUT2D eigenvalue weighted by Gasteiger charge is 2.12. The molecule has 3 aromatic rings. The molecule has 0 saturated heterocycles. The molecule has 8 heteroatoms. The van der Waals surface area contributed by atoms with Gasteiger partial charge in [-0.1, -0.05) is 30.3 Å². The van der Waals surface area contributed by atoms with Gasteiger partial charge in [0.1, 0.15) is 17.6 Å². The second-order valence-corrected chi connectivity index (χ2v) is 6.98. The lowest BCUT2D eigenvalue weighted by atomic mass is 10.0. The highest BCUT2D eigenvalue weighted by molar-refractivity contribution is 6.30. The van der Waals surface area contributed by atoms with Gasteiger partial charge in [0.2, 0.25) is 0 Å². The van der Waals surface area contributed by atoms with E-state index in [9.17, 15) is 5.26 Å². The Balaban J connectivity index is 1.90. The molecule has 1 aromatic heterocycles. The first kappa shape index (κ1) is 21.7. The molecule has 0 aliphatic rings. The van der Waals surface area contributed by atoms with Crippen LogP contribution in [0.3, 0.4) is 0 Å². The number of aromatic nitrogens is 2. The van der Waals surface area contributed by atoms with Gasteiger partial charge in [0.25, 0.3) is 0 Å². The molecular formula is C23H21ClN6O. The minimum Gasteiger partial charge on any atom is -0.494 e. The number of halogens is 1. The smallest absolute Gasteiger partial charge is 0.144 e. The van der Waals surface area contributed by atoms with Crippen LogP contribution >= 0.6 is 11.6 Å². The molecule has 3 rings (SSSR count). The molecule has 156 valence electrons. The van der Waals surface area contributed by atoms with Crippen LogP contribution in [0, 0.1) is 18.3 Å². The number of anilines is 1. The Labute approximate surface area is 185 Å². The fourth-order valence-corrected chi connectivity index (χ4v) is 3.03. The number of nitriles is 1. The zero-order chi connectivity index (χ0) is 22.4. The zero-order valence-electron chi connectivity index (χ0n) is 17.1. The van der Waals surface area contributed by atoms with Crippen molar-refractivity contribution in [2.45, 2.75) is 6.92 Å². The Morgan fingerprint density at radius 1 is 1.32 bits per heavy atom. The largest absolute Gasteiger partial charge is 0.494 e. The molecule has 2 aromatic carbocycles. The van der Waals surface area contributed by atoms with E-state index in [2.05, 4.69) is 27.9 Å². The predicted molar refractivity (Wildman–Crippen MR) is 123 cm³/mol. The molecular weight excluding hydrogens is 412 g/mol. The molecule has 0 amide bonds. The van der Waals surface area contributed by atoms with Gasteiger partial charge in [0.15, 0.2) is 0 Å². The van der Waals surface area contributed by atoms with Gasteiger partial charge in [-0.25, -0.2) is 9.98 Å². The van der Waals surface area contributed by atoms with Crippen LogP contribution in [-0.2, 0) is 0 Å².